The topological polar surface area (TPSA) is 17.8 Å². The van der Waals surface area contributed by atoms with Crippen molar-refractivity contribution < 1.29 is 41.1 Å². The Morgan fingerprint density at radius 2 is 0.872 bits per heavy atom. The highest BCUT2D eigenvalue weighted by atomic mass is 15.1. The summed E-state index contributed by atoms with van der Waals surface area (Å²) in [5.41, 5.74) is -8.23. The molecule has 0 saturated carbocycles. The van der Waals surface area contributed by atoms with Crippen molar-refractivity contribution in [3.63, 3.8) is 0 Å². The molecule has 1 aromatic heterocycles. The molecule has 0 aliphatic rings. The SMILES string of the molecule is [2H]c1c([2H])c([2H])c(-c2c3c([2H])c([2H])c([2H])c([2H])c3c(-c3c([2H])c([2H])c([2H])c([2H])c3[2H])c3c([2H])c(-c4c([2H])c([2H])c(-n5c(-c6c([2H])c([2H])c([2H])c([2H])c6[2H])nc6c([2H])c([2H])c([2H])c([2H])c65)c([2H])c4[2H])c([2H])c([2H])c23)c([2H])c1[2H]. The van der Waals surface area contributed by atoms with Gasteiger partial charge in [0.05, 0.1) is 52.2 Å². The minimum absolute atomic E-state index is 0.616. The second kappa shape index (κ2) is 11.3. The van der Waals surface area contributed by atoms with Crippen molar-refractivity contribution >= 4 is 32.6 Å². The van der Waals surface area contributed by atoms with E-state index in [2.05, 4.69) is 4.98 Å². The van der Waals surface area contributed by atoms with Crippen LogP contribution in [0, 0.1) is 0 Å². The van der Waals surface area contributed by atoms with Gasteiger partial charge in [0.1, 0.15) is 5.82 Å². The molecule has 0 fully saturated rings. The smallest absolute Gasteiger partial charge is 0.145 e. The number of fused-ring (bicyclic) bond motifs is 3. The average Bonchev–Trinajstić information content (AvgIpc) is 3.84. The molecule has 0 aliphatic carbocycles. The van der Waals surface area contributed by atoms with Crippen LogP contribution in [0.15, 0.2) is 181 Å². The predicted octanol–water partition coefficient (Wildman–Crippen LogP) is 12.0. The first-order valence-electron chi connectivity index (χ1n) is 28.6. The van der Waals surface area contributed by atoms with Gasteiger partial charge >= 0.3 is 0 Å². The largest absolute Gasteiger partial charge is 0.292 e. The van der Waals surface area contributed by atoms with Gasteiger partial charge in [-0.15, -0.1) is 0 Å². The number of hydrogen-bond acceptors (Lipinski definition) is 1. The summed E-state index contributed by atoms with van der Waals surface area (Å²) >= 11 is 0. The standard InChI is InChI=1S/C45H30N2/c1-4-14-32(15-5-1)43-37-20-10-11-21-38(37)44(33-16-6-2-7-17-33)40-30-35(26-29-39(40)43)31-24-27-36(28-25-31)47-42-23-13-12-22-41(42)46-45(47)34-18-8-3-9-19-34/h1-30H/i1D,2D,3D,4D,5D,6D,7D,8D,9D,10D,11D,12D,13D,14D,15D,16D,17D,18D,19D,20D,21D,22D,23D,24D,25D,26D,27D,28D,29D,30D. The summed E-state index contributed by atoms with van der Waals surface area (Å²) in [5, 5.41) is -3.22. The average molecular weight is 629 g/mol. The van der Waals surface area contributed by atoms with Crippen molar-refractivity contribution in [2.24, 2.45) is 0 Å². The fourth-order valence-corrected chi connectivity index (χ4v) is 5.19. The molecule has 0 radical (unpaired) electrons. The van der Waals surface area contributed by atoms with Crippen LogP contribution >= 0.6 is 0 Å². The molecular formula is C45H30N2. The summed E-state index contributed by atoms with van der Waals surface area (Å²) in [7, 11) is 0. The van der Waals surface area contributed by atoms with Crippen molar-refractivity contribution in [2.75, 3.05) is 0 Å². The quantitative estimate of drug-likeness (QED) is 0.173. The van der Waals surface area contributed by atoms with Crippen LogP contribution < -0.4 is 0 Å². The molecule has 2 nitrogen and oxygen atoms in total. The van der Waals surface area contributed by atoms with Crippen molar-refractivity contribution in [1.82, 2.24) is 9.55 Å². The van der Waals surface area contributed by atoms with Crippen molar-refractivity contribution in [2.45, 2.75) is 0 Å². The molecule has 0 bridgehead atoms. The van der Waals surface area contributed by atoms with Crippen LogP contribution in [0.5, 0.6) is 0 Å². The second-order valence-electron chi connectivity index (χ2n) is 9.69. The minimum atomic E-state index is -1.19. The Balaban J connectivity index is 1.56. The lowest BCUT2D eigenvalue weighted by atomic mass is 9.85. The van der Waals surface area contributed by atoms with Gasteiger partial charge in [-0.05, 0) is 85.1 Å². The van der Waals surface area contributed by atoms with Crippen LogP contribution in [0.4, 0.5) is 0 Å². The molecule has 0 spiro atoms. The molecule has 9 rings (SSSR count). The highest BCUT2D eigenvalue weighted by Crippen LogP contribution is 2.44. The van der Waals surface area contributed by atoms with E-state index in [1.54, 1.807) is 0 Å². The fraction of sp³-hybridized carbons (Fsp3) is 0. The summed E-state index contributed by atoms with van der Waals surface area (Å²) in [6.45, 7) is 0. The summed E-state index contributed by atoms with van der Waals surface area (Å²) in [5.74, 6) is -0.779. The lowest BCUT2D eigenvalue weighted by molar-refractivity contribution is 1.10. The third-order valence-electron chi connectivity index (χ3n) is 7.11. The molecule has 1 heterocycles. The van der Waals surface area contributed by atoms with Crippen LogP contribution in [0.3, 0.4) is 0 Å². The van der Waals surface area contributed by atoms with Gasteiger partial charge in [0.15, 0.2) is 0 Å². The van der Waals surface area contributed by atoms with E-state index in [9.17, 15) is 12.3 Å². The molecule has 0 unspecified atom stereocenters. The summed E-state index contributed by atoms with van der Waals surface area (Å²) in [4.78, 5) is 4.26. The molecule has 0 N–H and O–H groups in total. The first-order valence-corrected chi connectivity index (χ1v) is 13.6. The van der Waals surface area contributed by atoms with Gasteiger partial charge in [-0.3, -0.25) is 4.57 Å². The number of imidazole rings is 1. The molecule has 0 atom stereocenters. The molecule has 9 aromatic rings. The van der Waals surface area contributed by atoms with E-state index in [0.717, 1.165) is 0 Å². The van der Waals surface area contributed by atoms with E-state index in [1.807, 2.05) is 0 Å². The van der Waals surface area contributed by atoms with Gasteiger partial charge in [-0.2, -0.15) is 0 Å². The van der Waals surface area contributed by atoms with Crippen molar-refractivity contribution in [3.8, 4) is 50.5 Å². The first kappa shape index (κ1) is 10.4. The molecule has 0 aliphatic heterocycles. The number of hydrogen-bond donors (Lipinski definition) is 0. The zero-order valence-electron chi connectivity index (χ0n) is 53.4. The number of nitrogens with zero attached hydrogens (tertiary/aromatic N) is 2. The van der Waals surface area contributed by atoms with Gasteiger partial charge < -0.3 is 0 Å². The molecular weight excluding hydrogens is 569 g/mol. The summed E-state index contributed by atoms with van der Waals surface area (Å²) < 4.78 is 268. The second-order valence-corrected chi connectivity index (χ2v) is 9.69. The van der Waals surface area contributed by atoms with Crippen LogP contribution in [0.2, 0.25) is 0 Å². The van der Waals surface area contributed by atoms with E-state index >= 15 is 0 Å². The van der Waals surface area contributed by atoms with E-state index in [4.69, 9.17) is 28.8 Å². The Labute approximate surface area is 316 Å². The fourth-order valence-electron chi connectivity index (χ4n) is 5.19. The van der Waals surface area contributed by atoms with Gasteiger partial charge in [0.2, 0.25) is 0 Å². The highest BCUT2D eigenvalue weighted by Gasteiger charge is 2.18. The number of para-hydroxylation sites is 2. The number of aromatic nitrogens is 2. The molecule has 0 amide bonds. The maximum atomic E-state index is 10.0. The van der Waals surface area contributed by atoms with Crippen LogP contribution in [-0.4, -0.2) is 9.55 Å². The van der Waals surface area contributed by atoms with E-state index < -0.39 is 264 Å². The maximum Gasteiger partial charge on any atom is 0.145 e. The highest BCUT2D eigenvalue weighted by molar-refractivity contribution is 6.21. The maximum absolute atomic E-state index is 10.0. The zero-order chi connectivity index (χ0) is 57.3. The molecule has 47 heavy (non-hydrogen) atoms. The summed E-state index contributed by atoms with van der Waals surface area (Å²) in [6.07, 6.45) is 0. The Morgan fingerprint density at radius 3 is 1.51 bits per heavy atom. The Hall–Kier alpha value is -6.25. The van der Waals surface area contributed by atoms with E-state index in [-0.39, 0.29) is 0 Å². The van der Waals surface area contributed by atoms with Crippen LogP contribution in [0.1, 0.15) is 41.1 Å². The monoisotopic (exact) mass is 628 g/mol. The van der Waals surface area contributed by atoms with Gasteiger partial charge in [0, 0.05) is 11.3 Å². The van der Waals surface area contributed by atoms with E-state index in [1.165, 1.54) is 0 Å². The summed E-state index contributed by atoms with van der Waals surface area (Å²) in [6, 6.07) is -30.2. The molecule has 2 heteroatoms. The normalized spacial score (nSPS) is 20.3. The lowest BCUT2D eigenvalue weighted by Gasteiger charge is -2.19. The Kier molecular flexibility index (Phi) is 2.49. The predicted molar refractivity (Wildman–Crippen MR) is 198 cm³/mol. The van der Waals surface area contributed by atoms with Crippen molar-refractivity contribution in [1.29, 1.82) is 0 Å². The van der Waals surface area contributed by atoms with Gasteiger partial charge in [-0.25, -0.2) is 4.98 Å². The van der Waals surface area contributed by atoms with Gasteiger partial charge in [0.25, 0.3) is 0 Å². The van der Waals surface area contributed by atoms with Crippen LogP contribution in [-0.2, 0) is 0 Å². The third-order valence-corrected chi connectivity index (χ3v) is 7.11. The Morgan fingerprint density at radius 1 is 0.383 bits per heavy atom. The van der Waals surface area contributed by atoms with Crippen LogP contribution in [0.25, 0.3) is 83.0 Å². The Bertz CT molecular complexity index is 4160. The lowest BCUT2D eigenvalue weighted by Crippen LogP contribution is -1.97. The number of benzene rings is 8. The first-order chi connectivity index (χ1) is 35.8. The zero-order valence-corrected chi connectivity index (χ0v) is 23.4. The van der Waals surface area contributed by atoms with Gasteiger partial charge in [-0.1, -0.05) is 151 Å². The molecule has 8 aromatic carbocycles. The minimum Gasteiger partial charge on any atom is -0.292 e. The molecule has 0 saturated heterocycles. The van der Waals surface area contributed by atoms with E-state index in [0.29, 0.717) is 4.57 Å². The molecule has 220 valence electrons. The number of rotatable bonds is 5. The third kappa shape index (κ3) is 4.62. The van der Waals surface area contributed by atoms with Crippen molar-refractivity contribution in [3.05, 3.63) is 181 Å².